The van der Waals surface area contributed by atoms with Gasteiger partial charge in [0.05, 0.1) is 24.4 Å². The second-order valence-corrected chi connectivity index (χ2v) is 7.94. The molecule has 0 atom stereocenters. The number of hydrogen-bond donors (Lipinski definition) is 2. The number of nitrogens with zero attached hydrogens (tertiary/aromatic N) is 3. The quantitative estimate of drug-likeness (QED) is 0.603. The molecule has 0 bridgehead atoms. The Morgan fingerprint density at radius 1 is 1.25 bits per heavy atom. The minimum absolute atomic E-state index is 0.203. The Morgan fingerprint density at radius 3 is 2.66 bits per heavy atom. The molecule has 2 heterocycles. The number of ether oxygens (including phenoxy) is 1. The van der Waals surface area contributed by atoms with E-state index in [4.69, 9.17) is 4.74 Å². The topological polar surface area (TPSA) is 89.3 Å². The Labute approximate surface area is 182 Å². The number of methoxy groups -OCH3 is 1. The van der Waals surface area contributed by atoms with E-state index in [1.807, 2.05) is 10.9 Å². The summed E-state index contributed by atoms with van der Waals surface area (Å²) < 4.78 is 46.0. The van der Waals surface area contributed by atoms with Gasteiger partial charge < -0.3 is 15.2 Å². The van der Waals surface area contributed by atoms with Crippen LogP contribution in [0.25, 0.3) is 10.9 Å². The normalized spacial score (nSPS) is 19.2. The Balaban J connectivity index is 1.58. The third-order valence-electron chi connectivity index (χ3n) is 5.81. The zero-order valence-corrected chi connectivity index (χ0v) is 17.4. The number of benzene rings is 1. The molecule has 3 aromatic rings. The van der Waals surface area contributed by atoms with Gasteiger partial charge in [-0.2, -0.15) is 18.3 Å². The fourth-order valence-corrected chi connectivity index (χ4v) is 4.02. The van der Waals surface area contributed by atoms with Gasteiger partial charge in [-0.05, 0) is 49.8 Å². The standard InChI is InChI=1S/C22H23F3N4O3/c1-32-19-10-17-14(11-29(28-17)15-7-5-13(12-30)6-8-15)9-18(19)27-21(31)16-3-2-4-20(26-16)22(23,24)25/h2-4,9-11,13,15,30H,5-8,12H2,1H3,(H,27,31)/t13-,15-. The number of carbonyl (C=O) groups is 1. The van der Waals surface area contributed by atoms with Crippen molar-refractivity contribution in [3.8, 4) is 5.75 Å². The van der Waals surface area contributed by atoms with E-state index < -0.39 is 17.8 Å². The molecule has 1 aliphatic carbocycles. The number of anilines is 1. The first-order valence-electron chi connectivity index (χ1n) is 10.3. The highest BCUT2D eigenvalue weighted by molar-refractivity contribution is 6.05. The van der Waals surface area contributed by atoms with Crippen LogP contribution in [0.15, 0.2) is 36.5 Å². The second-order valence-electron chi connectivity index (χ2n) is 7.94. The van der Waals surface area contributed by atoms with E-state index in [1.54, 1.807) is 12.1 Å². The summed E-state index contributed by atoms with van der Waals surface area (Å²) >= 11 is 0. The van der Waals surface area contributed by atoms with Crippen molar-refractivity contribution in [1.82, 2.24) is 14.8 Å². The molecular weight excluding hydrogens is 425 g/mol. The number of fused-ring (bicyclic) bond motifs is 1. The van der Waals surface area contributed by atoms with Crippen molar-refractivity contribution in [1.29, 1.82) is 0 Å². The van der Waals surface area contributed by atoms with Gasteiger partial charge in [0.2, 0.25) is 0 Å². The van der Waals surface area contributed by atoms with Gasteiger partial charge in [-0.1, -0.05) is 6.07 Å². The van der Waals surface area contributed by atoms with Crippen LogP contribution in [0.2, 0.25) is 0 Å². The lowest BCUT2D eigenvalue weighted by atomic mass is 9.87. The number of pyridine rings is 1. The van der Waals surface area contributed by atoms with Gasteiger partial charge in [-0.3, -0.25) is 9.48 Å². The molecule has 1 aliphatic rings. The number of rotatable bonds is 5. The molecule has 7 nitrogen and oxygen atoms in total. The summed E-state index contributed by atoms with van der Waals surface area (Å²) in [6.07, 6.45) is 0.953. The van der Waals surface area contributed by atoms with Crippen LogP contribution in [0.5, 0.6) is 5.75 Å². The van der Waals surface area contributed by atoms with Crippen LogP contribution in [0, 0.1) is 5.92 Å². The Kier molecular flexibility index (Phi) is 6.05. The highest BCUT2D eigenvalue weighted by atomic mass is 19.4. The second kappa shape index (κ2) is 8.78. The first-order valence-corrected chi connectivity index (χ1v) is 10.3. The molecule has 1 fully saturated rings. The smallest absolute Gasteiger partial charge is 0.433 e. The lowest BCUT2D eigenvalue weighted by Gasteiger charge is -2.27. The summed E-state index contributed by atoms with van der Waals surface area (Å²) in [7, 11) is 1.44. The van der Waals surface area contributed by atoms with Crippen LogP contribution in [0.1, 0.15) is 47.9 Å². The van der Waals surface area contributed by atoms with E-state index in [-0.39, 0.29) is 18.3 Å². The summed E-state index contributed by atoms with van der Waals surface area (Å²) in [6, 6.07) is 6.76. The predicted molar refractivity (Wildman–Crippen MR) is 112 cm³/mol. The van der Waals surface area contributed by atoms with Crippen molar-refractivity contribution in [3.05, 3.63) is 47.9 Å². The molecule has 1 aromatic carbocycles. The fourth-order valence-electron chi connectivity index (χ4n) is 4.02. The summed E-state index contributed by atoms with van der Waals surface area (Å²) in [5.41, 5.74) is -0.489. The number of carbonyl (C=O) groups excluding carboxylic acids is 1. The fraction of sp³-hybridized carbons (Fsp3) is 0.409. The molecule has 0 aliphatic heterocycles. The number of aliphatic hydroxyl groups excluding tert-OH is 1. The zero-order valence-electron chi connectivity index (χ0n) is 17.4. The van der Waals surface area contributed by atoms with Crippen molar-refractivity contribution in [2.24, 2.45) is 5.92 Å². The van der Waals surface area contributed by atoms with Crippen LogP contribution >= 0.6 is 0 Å². The summed E-state index contributed by atoms with van der Waals surface area (Å²) in [5.74, 6) is -0.0990. The monoisotopic (exact) mass is 448 g/mol. The van der Waals surface area contributed by atoms with Gasteiger partial charge in [-0.15, -0.1) is 0 Å². The van der Waals surface area contributed by atoms with Crippen molar-refractivity contribution in [2.75, 3.05) is 19.0 Å². The maximum absolute atomic E-state index is 12.9. The lowest BCUT2D eigenvalue weighted by Crippen LogP contribution is -2.20. The number of aliphatic hydroxyl groups is 1. The predicted octanol–water partition coefficient (Wildman–Crippen LogP) is 4.43. The number of halogens is 3. The van der Waals surface area contributed by atoms with Crippen molar-refractivity contribution in [3.63, 3.8) is 0 Å². The summed E-state index contributed by atoms with van der Waals surface area (Å²) in [6.45, 7) is 0.203. The van der Waals surface area contributed by atoms with Gasteiger partial charge in [0.15, 0.2) is 0 Å². The summed E-state index contributed by atoms with van der Waals surface area (Å²) in [4.78, 5) is 16.0. The first kappa shape index (κ1) is 22.1. The molecule has 2 N–H and O–H groups in total. The highest BCUT2D eigenvalue weighted by Gasteiger charge is 2.33. The minimum Gasteiger partial charge on any atom is -0.494 e. The van der Waals surface area contributed by atoms with Crippen LogP contribution < -0.4 is 10.1 Å². The Bertz CT molecular complexity index is 1120. The van der Waals surface area contributed by atoms with Crippen molar-refractivity contribution >= 4 is 22.5 Å². The molecule has 2 aromatic heterocycles. The number of hydrogen-bond acceptors (Lipinski definition) is 5. The Morgan fingerprint density at radius 2 is 2.00 bits per heavy atom. The van der Waals surface area contributed by atoms with Gasteiger partial charge in [0.1, 0.15) is 17.1 Å². The average Bonchev–Trinajstić information content (AvgIpc) is 3.21. The van der Waals surface area contributed by atoms with Gasteiger partial charge in [0.25, 0.3) is 5.91 Å². The maximum atomic E-state index is 12.9. The molecule has 0 spiro atoms. The van der Waals surface area contributed by atoms with Crippen LogP contribution in [0.3, 0.4) is 0 Å². The van der Waals surface area contributed by atoms with E-state index in [9.17, 15) is 23.1 Å². The van der Waals surface area contributed by atoms with Gasteiger partial charge >= 0.3 is 6.18 Å². The molecular formula is C22H23F3N4O3. The van der Waals surface area contributed by atoms with E-state index in [2.05, 4.69) is 15.4 Å². The van der Waals surface area contributed by atoms with E-state index in [1.165, 1.54) is 13.2 Å². The third-order valence-corrected chi connectivity index (χ3v) is 5.81. The Hall–Kier alpha value is -3.14. The van der Waals surface area contributed by atoms with Crippen molar-refractivity contribution in [2.45, 2.75) is 37.9 Å². The maximum Gasteiger partial charge on any atom is 0.433 e. The van der Waals surface area contributed by atoms with Crippen LogP contribution in [-0.4, -0.2) is 39.5 Å². The molecule has 4 rings (SSSR count). The average molecular weight is 448 g/mol. The number of alkyl halides is 3. The molecule has 0 radical (unpaired) electrons. The summed E-state index contributed by atoms with van der Waals surface area (Å²) in [5, 5.41) is 17.3. The third kappa shape index (κ3) is 4.55. The molecule has 32 heavy (non-hydrogen) atoms. The van der Waals surface area contributed by atoms with Crippen LogP contribution in [-0.2, 0) is 6.18 Å². The molecule has 0 unspecified atom stereocenters. The highest BCUT2D eigenvalue weighted by Crippen LogP contribution is 2.35. The molecule has 10 heteroatoms. The number of amides is 1. The van der Waals surface area contributed by atoms with E-state index in [0.717, 1.165) is 43.2 Å². The molecule has 1 saturated carbocycles. The van der Waals surface area contributed by atoms with Gasteiger partial charge in [0, 0.05) is 24.3 Å². The van der Waals surface area contributed by atoms with Crippen molar-refractivity contribution < 1.29 is 27.8 Å². The SMILES string of the molecule is COc1cc2nn([C@H]3CC[C@H](CO)CC3)cc2cc1NC(=O)c1cccc(C(F)(F)F)n1. The van der Waals surface area contributed by atoms with Crippen LogP contribution in [0.4, 0.5) is 18.9 Å². The molecule has 0 saturated heterocycles. The molecule has 170 valence electrons. The minimum atomic E-state index is -4.64. The largest absolute Gasteiger partial charge is 0.494 e. The van der Waals surface area contributed by atoms with E-state index >= 15 is 0 Å². The van der Waals surface area contributed by atoms with E-state index in [0.29, 0.717) is 22.9 Å². The lowest BCUT2D eigenvalue weighted by molar-refractivity contribution is -0.141. The number of nitrogens with one attached hydrogen (secondary N) is 1. The number of aromatic nitrogens is 3. The van der Waals surface area contributed by atoms with Gasteiger partial charge in [-0.25, -0.2) is 4.98 Å². The molecule has 1 amide bonds. The first-order chi connectivity index (χ1) is 15.3. The zero-order chi connectivity index (χ0) is 22.9.